The molecule has 364 valence electrons. The van der Waals surface area contributed by atoms with Crippen molar-refractivity contribution < 1.29 is 23.7 Å². The molecule has 1 aliphatic heterocycles. The number of carbonyl (C=O) groups excluding carboxylic acids is 1. The van der Waals surface area contributed by atoms with Crippen molar-refractivity contribution in [1.29, 1.82) is 0 Å². The van der Waals surface area contributed by atoms with Gasteiger partial charge in [0, 0.05) is 13.2 Å². The van der Waals surface area contributed by atoms with Gasteiger partial charge in [0.15, 0.2) is 0 Å². The van der Waals surface area contributed by atoms with Crippen LogP contribution in [0.3, 0.4) is 0 Å². The number of likely N-dealkylation sites (tertiary alicyclic amines) is 1. The van der Waals surface area contributed by atoms with Gasteiger partial charge in [0.2, 0.25) is 0 Å². The lowest BCUT2D eigenvalue weighted by atomic mass is 9.47. The zero-order chi connectivity index (χ0) is 44.8. The van der Waals surface area contributed by atoms with Gasteiger partial charge < -0.3 is 23.8 Å². The second-order valence-corrected chi connectivity index (χ2v) is 22.6. The minimum atomic E-state index is -0.269. The highest BCUT2D eigenvalue weighted by molar-refractivity contribution is 5.70. The van der Waals surface area contributed by atoms with E-state index >= 15 is 0 Å². The fraction of sp³-hybridized carbons (Fsp3) is 0.912. The number of hydrogen-bond acceptors (Lipinski definition) is 6. The monoisotopic (exact) mass is 880 g/mol. The van der Waals surface area contributed by atoms with Gasteiger partial charge in [0.1, 0.15) is 13.2 Å². The number of esters is 1. The third kappa shape index (κ3) is 17.1. The molecule has 0 radical (unpaired) electrons. The number of ether oxygens (including phenoxy) is 4. The molecule has 5 rings (SSSR count). The van der Waals surface area contributed by atoms with Gasteiger partial charge in [-0.3, -0.25) is 0 Å². The summed E-state index contributed by atoms with van der Waals surface area (Å²) in [6, 6.07) is 0. The Morgan fingerprint density at radius 1 is 0.778 bits per heavy atom. The molecular formula is C57H101NO5. The van der Waals surface area contributed by atoms with E-state index in [1.54, 1.807) is 5.57 Å². The molecule has 1 saturated heterocycles. The van der Waals surface area contributed by atoms with Crippen molar-refractivity contribution in [3.05, 3.63) is 23.8 Å². The first-order valence-corrected chi connectivity index (χ1v) is 27.7. The van der Waals surface area contributed by atoms with Crippen LogP contribution in [0.5, 0.6) is 0 Å². The summed E-state index contributed by atoms with van der Waals surface area (Å²) in [7, 11) is 0. The Morgan fingerprint density at radius 3 is 2.22 bits per heavy atom. The normalized spacial score (nSPS) is 29.6. The maximum Gasteiger partial charge on any atom is 0.332 e. The second kappa shape index (κ2) is 28.9. The lowest BCUT2D eigenvalue weighted by molar-refractivity contribution is -0.154. The van der Waals surface area contributed by atoms with Crippen LogP contribution in [-0.4, -0.2) is 75.7 Å². The molecule has 6 nitrogen and oxygen atoms in total. The first kappa shape index (κ1) is 52.8. The molecule has 63 heavy (non-hydrogen) atoms. The molecule has 0 N–H and O–H groups in total. The van der Waals surface area contributed by atoms with E-state index in [-0.39, 0.29) is 31.4 Å². The molecule has 1 heterocycles. The van der Waals surface area contributed by atoms with Gasteiger partial charge in [-0.15, -0.1) is 0 Å². The molecule has 0 amide bonds. The number of nitrogens with zero attached hydrogens (tertiary/aromatic N) is 1. The number of allylic oxidation sites excluding steroid dienone is 3. The smallest absolute Gasteiger partial charge is 0.332 e. The van der Waals surface area contributed by atoms with Crippen LogP contribution in [0.4, 0.5) is 0 Å². The van der Waals surface area contributed by atoms with Crippen LogP contribution >= 0.6 is 0 Å². The molecule has 0 bridgehead atoms. The lowest BCUT2D eigenvalue weighted by Crippen LogP contribution is -2.51. The van der Waals surface area contributed by atoms with E-state index in [9.17, 15) is 4.79 Å². The quantitative estimate of drug-likeness (QED) is 0.0381. The van der Waals surface area contributed by atoms with Gasteiger partial charge in [-0.1, -0.05) is 149 Å². The predicted octanol–water partition coefficient (Wildman–Crippen LogP) is 14.9. The van der Waals surface area contributed by atoms with E-state index in [0.29, 0.717) is 24.0 Å². The van der Waals surface area contributed by atoms with E-state index in [4.69, 9.17) is 18.9 Å². The molecule has 4 aliphatic carbocycles. The number of piperidine rings is 1. The molecule has 0 aromatic rings. The summed E-state index contributed by atoms with van der Waals surface area (Å²) in [6.45, 7) is 20.2. The van der Waals surface area contributed by atoms with Crippen LogP contribution in [-0.2, 0) is 23.7 Å². The molecule has 6 heteroatoms. The first-order valence-electron chi connectivity index (χ1n) is 27.7. The fourth-order valence-corrected chi connectivity index (χ4v) is 13.6. The summed E-state index contributed by atoms with van der Waals surface area (Å²) in [4.78, 5) is 15.4. The highest BCUT2D eigenvalue weighted by Crippen LogP contribution is 2.67. The van der Waals surface area contributed by atoms with Gasteiger partial charge in [-0.05, 0) is 156 Å². The Hall–Kier alpha value is -1.21. The van der Waals surface area contributed by atoms with Gasteiger partial charge in [0.05, 0.1) is 25.4 Å². The largest absolute Gasteiger partial charge is 0.462 e. The van der Waals surface area contributed by atoms with E-state index in [2.05, 4.69) is 64.7 Å². The molecule has 0 aromatic carbocycles. The van der Waals surface area contributed by atoms with Gasteiger partial charge in [-0.2, -0.15) is 0 Å². The molecule has 9 atom stereocenters. The standard InChI is InChI=1S/C57H101NO5/c1-7-8-9-10-11-12-13-14-15-16-17-18-19-20-21-25-39-60-44-50(43-58-37-23-22-24-38-58)61-40-41-62-55(59)45-63-49-33-35-56(5)48(42-49)29-30-51-53-32-31-52(47(4)28-26-27-46(2)3)57(53,6)36-34-54(51)56/h14-15,29,46-47,49-54H,7-13,16-28,30-45H2,1-6H3/t47-,49+,50?,51+,52-,53+,54+,56+,57-/m1/s1. The predicted molar refractivity (Wildman–Crippen MR) is 264 cm³/mol. The van der Waals surface area contributed by atoms with E-state index in [1.807, 2.05) is 0 Å². The maximum absolute atomic E-state index is 12.9. The van der Waals surface area contributed by atoms with Gasteiger partial charge in [0.25, 0.3) is 0 Å². The van der Waals surface area contributed by atoms with E-state index in [1.165, 1.54) is 161 Å². The van der Waals surface area contributed by atoms with Crippen molar-refractivity contribution in [3.8, 4) is 0 Å². The third-order valence-electron chi connectivity index (χ3n) is 17.4. The van der Waals surface area contributed by atoms with Crippen molar-refractivity contribution in [1.82, 2.24) is 4.90 Å². The highest BCUT2D eigenvalue weighted by atomic mass is 16.6. The molecular weight excluding hydrogens is 779 g/mol. The third-order valence-corrected chi connectivity index (χ3v) is 17.4. The summed E-state index contributed by atoms with van der Waals surface area (Å²) in [5, 5.41) is 0. The van der Waals surface area contributed by atoms with Crippen LogP contribution in [0, 0.1) is 46.3 Å². The Bertz CT molecular complexity index is 1310. The van der Waals surface area contributed by atoms with Crippen molar-refractivity contribution in [2.45, 2.75) is 234 Å². The number of fused-ring (bicyclic) bond motifs is 5. The van der Waals surface area contributed by atoms with Crippen molar-refractivity contribution >= 4 is 5.97 Å². The number of carbonyl (C=O) groups is 1. The van der Waals surface area contributed by atoms with Gasteiger partial charge in [-0.25, -0.2) is 4.79 Å². The first-order chi connectivity index (χ1) is 30.6. The molecule has 3 saturated carbocycles. The van der Waals surface area contributed by atoms with E-state index in [0.717, 1.165) is 81.0 Å². The molecule has 1 unspecified atom stereocenters. The Balaban J connectivity index is 0.928. The summed E-state index contributed by atoms with van der Waals surface area (Å²) < 4.78 is 24.4. The van der Waals surface area contributed by atoms with E-state index < -0.39 is 0 Å². The molecule has 0 aromatic heterocycles. The number of rotatable bonds is 32. The number of unbranched alkanes of at least 4 members (excludes halogenated alkanes) is 12. The fourth-order valence-electron chi connectivity index (χ4n) is 13.6. The Morgan fingerprint density at radius 2 is 1.49 bits per heavy atom. The van der Waals surface area contributed by atoms with Crippen LogP contribution in [0.25, 0.3) is 0 Å². The topological polar surface area (TPSA) is 57.2 Å². The molecule has 5 aliphatic rings. The zero-order valence-electron chi connectivity index (χ0n) is 42.3. The summed E-state index contributed by atoms with van der Waals surface area (Å²) in [6.07, 6.45) is 44.2. The maximum atomic E-state index is 12.9. The highest BCUT2D eigenvalue weighted by Gasteiger charge is 2.59. The second-order valence-electron chi connectivity index (χ2n) is 22.6. The number of hydrogen-bond donors (Lipinski definition) is 0. The summed E-state index contributed by atoms with van der Waals surface area (Å²) >= 11 is 0. The zero-order valence-corrected chi connectivity index (χ0v) is 42.3. The molecule has 0 spiro atoms. The average molecular weight is 880 g/mol. The van der Waals surface area contributed by atoms with Crippen molar-refractivity contribution in [2.75, 3.05) is 52.7 Å². The Labute approximate surface area is 389 Å². The van der Waals surface area contributed by atoms with Crippen molar-refractivity contribution in [3.63, 3.8) is 0 Å². The van der Waals surface area contributed by atoms with Crippen LogP contribution in [0.15, 0.2) is 23.8 Å². The summed E-state index contributed by atoms with van der Waals surface area (Å²) in [5.74, 6) is 4.84. The van der Waals surface area contributed by atoms with Crippen LogP contribution < -0.4 is 0 Å². The van der Waals surface area contributed by atoms with Gasteiger partial charge >= 0.3 is 5.97 Å². The van der Waals surface area contributed by atoms with Crippen LogP contribution in [0.1, 0.15) is 221 Å². The average Bonchev–Trinajstić information content (AvgIpc) is 3.64. The SMILES string of the molecule is CCCCCCCCC=CCCCCCCCCOCC(CN1CCCCC1)OCCOC(=O)CO[C@H]1CC[C@@]2(C)C(=CC[C@H]3[C@@H]4CC[C@H]([C@H](C)CCCC(C)C)[C@@]4(C)CC[C@@H]32)C1. The van der Waals surface area contributed by atoms with Crippen LogP contribution in [0.2, 0.25) is 0 Å². The minimum absolute atomic E-state index is 0.00297. The summed E-state index contributed by atoms with van der Waals surface area (Å²) in [5.41, 5.74) is 2.44. The lowest BCUT2D eigenvalue weighted by Gasteiger charge is -2.58. The molecule has 4 fully saturated rings. The Kier molecular flexibility index (Phi) is 24.2. The van der Waals surface area contributed by atoms with Crippen molar-refractivity contribution in [2.24, 2.45) is 46.3 Å². The minimum Gasteiger partial charge on any atom is -0.462 e.